The van der Waals surface area contributed by atoms with Gasteiger partial charge in [0.05, 0.1) is 11.7 Å². The summed E-state index contributed by atoms with van der Waals surface area (Å²) < 4.78 is 17.0. The average molecular weight is 520 g/mol. The van der Waals surface area contributed by atoms with Crippen LogP contribution in [0, 0.1) is 5.95 Å². The van der Waals surface area contributed by atoms with Gasteiger partial charge in [0.1, 0.15) is 12.6 Å². The summed E-state index contributed by atoms with van der Waals surface area (Å²) in [5.41, 5.74) is 0.734. The second kappa shape index (κ2) is 10.7. The van der Waals surface area contributed by atoms with Gasteiger partial charge in [-0.3, -0.25) is 23.5 Å². The number of carbonyl (C=O) groups is 2. The maximum absolute atomic E-state index is 14.8. The second-order valence-corrected chi connectivity index (χ2v) is 9.80. The number of carbonyl (C=O) groups excluding carboxylic acids is 2. The SMILES string of the molecule is CCn1c(=O)ccn(CC(=O)N2CCC[C@H]2C(=O)N[C@@H](c2ccccc2)c2ccc(C3CC3)c(F)n2)c1=O. The highest BCUT2D eigenvalue weighted by Crippen LogP contribution is 2.41. The monoisotopic (exact) mass is 519 g/mol. The molecule has 2 fully saturated rings. The van der Waals surface area contributed by atoms with Gasteiger partial charge in [0.2, 0.25) is 17.8 Å². The minimum Gasteiger partial charge on any atom is -0.342 e. The van der Waals surface area contributed by atoms with Crippen LogP contribution in [0.1, 0.15) is 61.4 Å². The van der Waals surface area contributed by atoms with E-state index in [9.17, 15) is 23.6 Å². The summed E-state index contributed by atoms with van der Waals surface area (Å²) in [5.74, 6) is -1.07. The lowest BCUT2D eigenvalue weighted by atomic mass is 10.0. The van der Waals surface area contributed by atoms with E-state index < -0.39 is 29.3 Å². The van der Waals surface area contributed by atoms with E-state index in [4.69, 9.17) is 0 Å². The van der Waals surface area contributed by atoms with Crippen molar-refractivity contribution in [3.63, 3.8) is 0 Å². The molecule has 3 aromatic rings. The molecule has 1 N–H and O–H groups in total. The van der Waals surface area contributed by atoms with Gasteiger partial charge in [-0.2, -0.15) is 4.39 Å². The number of likely N-dealkylation sites (tertiary alicyclic amines) is 1. The third kappa shape index (κ3) is 5.16. The van der Waals surface area contributed by atoms with Gasteiger partial charge >= 0.3 is 5.69 Å². The lowest BCUT2D eigenvalue weighted by Gasteiger charge is -2.27. The zero-order chi connectivity index (χ0) is 26.8. The van der Waals surface area contributed by atoms with Crippen molar-refractivity contribution in [1.82, 2.24) is 24.3 Å². The Morgan fingerprint density at radius 1 is 1.08 bits per heavy atom. The van der Waals surface area contributed by atoms with Crippen LogP contribution in [0.4, 0.5) is 4.39 Å². The highest BCUT2D eigenvalue weighted by Gasteiger charge is 2.36. The van der Waals surface area contributed by atoms with Crippen molar-refractivity contribution in [2.75, 3.05) is 6.54 Å². The van der Waals surface area contributed by atoms with Crippen LogP contribution in [0.25, 0.3) is 0 Å². The van der Waals surface area contributed by atoms with Crippen molar-refractivity contribution < 1.29 is 14.0 Å². The third-order valence-corrected chi connectivity index (χ3v) is 7.27. The summed E-state index contributed by atoms with van der Waals surface area (Å²) >= 11 is 0. The smallest absolute Gasteiger partial charge is 0.331 e. The maximum atomic E-state index is 14.8. The van der Waals surface area contributed by atoms with Crippen LogP contribution in [0.5, 0.6) is 0 Å². The molecule has 2 aliphatic rings. The third-order valence-electron chi connectivity index (χ3n) is 7.27. The fourth-order valence-electron chi connectivity index (χ4n) is 5.07. The lowest BCUT2D eigenvalue weighted by molar-refractivity contribution is -0.139. The van der Waals surface area contributed by atoms with E-state index in [1.165, 1.54) is 21.7 Å². The highest BCUT2D eigenvalue weighted by molar-refractivity contribution is 5.88. The predicted octanol–water partition coefficient (Wildman–Crippen LogP) is 2.34. The maximum Gasteiger partial charge on any atom is 0.331 e. The van der Waals surface area contributed by atoms with Crippen molar-refractivity contribution in [2.45, 2.75) is 63.7 Å². The normalized spacial score (nSPS) is 17.8. The van der Waals surface area contributed by atoms with Crippen molar-refractivity contribution >= 4 is 11.8 Å². The molecule has 9 nitrogen and oxygen atoms in total. The van der Waals surface area contributed by atoms with Crippen molar-refractivity contribution in [3.8, 4) is 0 Å². The summed E-state index contributed by atoms with van der Waals surface area (Å²) in [6.07, 6.45) is 4.30. The Morgan fingerprint density at radius 2 is 1.84 bits per heavy atom. The average Bonchev–Trinajstić information content (AvgIpc) is 3.64. The molecular weight excluding hydrogens is 489 g/mol. The zero-order valence-electron chi connectivity index (χ0n) is 21.2. The molecule has 1 aliphatic heterocycles. The number of aromatic nitrogens is 3. The summed E-state index contributed by atoms with van der Waals surface area (Å²) in [4.78, 5) is 56.8. The van der Waals surface area contributed by atoms with Gasteiger partial charge in [-0.05, 0) is 50.2 Å². The van der Waals surface area contributed by atoms with E-state index in [2.05, 4.69) is 10.3 Å². The number of halogens is 1. The molecule has 10 heteroatoms. The minimum absolute atomic E-state index is 0.193. The summed E-state index contributed by atoms with van der Waals surface area (Å²) in [7, 11) is 0. The summed E-state index contributed by atoms with van der Waals surface area (Å²) in [6, 6.07) is 12.5. The number of nitrogens with zero attached hydrogens (tertiary/aromatic N) is 4. The molecule has 1 aliphatic carbocycles. The molecule has 1 saturated carbocycles. The second-order valence-electron chi connectivity index (χ2n) is 9.80. The standard InChI is InChI=1S/C28H30FN5O4/c1-2-33-23(35)14-16-32(28(33)38)17-24(36)34-15-6-9-22(34)27(37)31-25(19-7-4-3-5-8-19)21-13-12-20(18-10-11-18)26(29)30-21/h3-5,7-8,12-14,16,18,22,25H,2,6,9-11,15,17H2,1H3,(H,31,37)/t22-,25-/m0/s1. The minimum atomic E-state index is -0.739. The molecule has 38 heavy (non-hydrogen) atoms. The molecule has 1 aromatic carbocycles. The number of rotatable bonds is 8. The number of pyridine rings is 1. The Morgan fingerprint density at radius 3 is 2.53 bits per heavy atom. The molecular formula is C28H30FN5O4. The van der Waals surface area contributed by atoms with Gasteiger partial charge in [0, 0.05) is 30.9 Å². The van der Waals surface area contributed by atoms with E-state index >= 15 is 0 Å². The van der Waals surface area contributed by atoms with Gasteiger partial charge in [-0.25, -0.2) is 9.78 Å². The topological polar surface area (TPSA) is 106 Å². The van der Waals surface area contributed by atoms with Crippen LogP contribution in [0.2, 0.25) is 0 Å². The molecule has 1 saturated heterocycles. The van der Waals surface area contributed by atoms with E-state index in [1.54, 1.807) is 19.1 Å². The first kappa shape index (κ1) is 25.6. The molecule has 198 valence electrons. The van der Waals surface area contributed by atoms with E-state index in [0.29, 0.717) is 30.6 Å². The molecule has 0 bridgehead atoms. The fraction of sp³-hybridized carbons (Fsp3) is 0.393. The highest BCUT2D eigenvalue weighted by atomic mass is 19.1. The Balaban J connectivity index is 1.36. The molecule has 0 radical (unpaired) electrons. The summed E-state index contributed by atoms with van der Waals surface area (Å²) in [6.45, 7) is 1.97. The van der Waals surface area contributed by atoms with Gasteiger partial charge in [0.15, 0.2) is 0 Å². The molecule has 5 rings (SSSR count). The van der Waals surface area contributed by atoms with Crippen LogP contribution >= 0.6 is 0 Å². The first-order chi connectivity index (χ1) is 18.4. The van der Waals surface area contributed by atoms with E-state index in [1.807, 2.05) is 30.3 Å². The Hall–Kier alpha value is -4.08. The van der Waals surface area contributed by atoms with Crippen molar-refractivity contribution in [2.24, 2.45) is 0 Å². The molecule has 0 spiro atoms. The molecule has 0 unspecified atom stereocenters. The van der Waals surface area contributed by atoms with Crippen LogP contribution in [0.15, 0.2) is 64.3 Å². The quantitative estimate of drug-likeness (QED) is 0.460. The van der Waals surface area contributed by atoms with Crippen LogP contribution in [0.3, 0.4) is 0 Å². The molecule has 2 aromatic heterocycles. The van der Waals surface area contributed by atoms with Crippen LogP contribution in [-0.4, -0.2) is 43.4 Å². The number of hydrogen-bond acceptors (Lipinski definition) is 5. The van der Waals surface area contributed by atoms with Gasteiger partial charge in [-0.15, -0.1) is 0 Å². The Labute approximate surface area is 218 Å². The van der Waals surface area contributed by atoms with Crippen molar-refractivity contribution in [3.05, 3.63) is 98.3 Å². The first-order valence-corrected chi connectivity index (χ1v) is 13.0. The zero-order valence-corrected chi connectivity index (χ0v) is 21.2. The fourth-order valence-corrected chi connectivity index (χ4v) is 5.07. The first-order valence-electron chi connectivity index (χ1n) is 13.0. The summed E-state index contributed by atoms with van der Waals surface area (Å²) in [5, 5.41) is 2.99. The van der Waals surface area contributed by atoms with E-state index in [-0.39, 0.29) is 30.8 Å². The number of hydrogen-bond donors (Lipinski definition) is 1. The molecule has 2 amide bonds. The number of amides is 2. The number of nitrogens with one attached hydrogen (secondary N) is 1. The molecule has 3 heterocycles. The van der Waals surface area contributed by atoms with Gasteiger partial charge < -0.3 is 10.2 Å². The van der Waals surface area contributed by atoms with Crippen LogP contribution < -0.4 is 16.6 Å². The molecule has 2 atom stereocenters. The Bertz CT molecular complexity index is 1460. The van der Waals surface area contributed by atoms with Crippen molar-refractivity contribution in [1.29, 1.82) is 0 Å². The largest absolute Gasteiger partial charge is 0.342 e. The Kier molecular flexibility index (Phi) is 7.22. The van der Waals surface area contributed by atoms with Crippen LogP contribution in [-0.2, 0) is 22.7 Å². The predicted molar refractivity (Wildman–Crippen MR) is 138 cm³/mol. The van der Waals surface area contributed by atoms with Gasteiger partial charge in [-0.1, -0.05) is 36.4 Å². The van der Waals surface area contributed by atoms with Gasteiger partial charge in [0.25, 0.3) is 5.56 Å². The number of benzene rings is 1. The van der Waals surface area contributed by atoms with E-state index in [0.717, 1.165) is 23.0 Å². The lowest BCUT2D eigenvalue weighted by Crippen LogP contribution is -2.49.